The average molecular weight is 278 g/mol. The molecule has 0 amide bonds. The van der Waals surface area contributed by atoms with E-state index >= 15 is 0 Å². The number of hydrogen-bond donors (Lipinski definition) is 1. The van der Waals surface area contributed by atoms with Crippen molar-refractivity contribution in [1.29, 1.82) is 0 Å². The Hall–Kier alpha value is -0.930. The lowest BCUT2D eigenvalue weighted by atomic mass is 9.87. The van der Waals surface area contributed by atoms with Crippen molar-refractivity contribution in [1.82, 2.24) is 10.2 Å². The monoisotopic (exact) mass is 278 g/mol. The molecule has 112 valence electrons. The van der Waals surface area contributed by atoms with Crippen LogP contribution < -0.4 is 5.32 Å². The molecule has 3 atom stereocenters. The van der Waals surface area contributed by atoms with Crippen molar-refractivity contribution in [3.05, 3.63) is 34.6 Å². The van der Waals surface area contributed by atoms with Crippen molar-refractivity contribution in [3.8, 4) is 0 Å². The third-order valence-electron chi connectivity index (χ3n) is 4.95. The highest BCUT2D eigenvalue weighted by Crippen LogP contribution is 2.26. The Balaban J connectivity index is 2.11. The number of halogens is 1. The first kappa shape index (κ1) is 15.5. The first-order chi connectivity index (χ1) is 9.43. The van der Waals surface area contributed by atoms with Crippen LogP contribution in [-0.2, 0) is 6.54 Å². The molecule has 0 radical (unpaired) electrons. The van der Waals surface area contributed by atoms with E-state index in [1.807, 2.05) is 26.0 Å². The summed E-state index contributed by atoms with van der Waals surface area (Å²) in [7, 11) is 2.05. The maximum Gasteiger partial charge on any atom is 0.129 e. The van der Waals surface area contributed by atoms with Gasteiger partial charge in [-0.15, -0.1) is 0 Å². The maximum absolute atomic E-state index is 13.7. The molecule has 1 N–H and O–H groups in total. The molecule has 1 saturated heterocycles. The van der Waals surface area contributed by atoms with Gasteiger partial charge in [-0.1, -0.05) is 19.1 Å². The molecule has 3 heteroatoms. The third kappa shape index (κ3) is 3.04. The number of rotatable bonds is 3. The van der Waals surface area contributed by atoms with Crippen molar-refractivity contribution < 1.29 is 4.39 Å². The number of nitrogens with one attached hydrogen (secondary N) is 1. The summed E-state index contributed by atoms with van der Waals surface area (Å²) in [5, 5.41) is 3.42. The lowest BCUT2D eigenvalue weighted by Gasteiger charge is -2.42. The normalized spacial score (nSPS) is 27.8. The van der Waals surface area contributed by atoms with Gasteiger partial charge in [-0.2, -0.15) is 0 Å². The molecule has 1 heterocycles. The van der Waals surface area contributed by atoms with Crippen molar-refractivity contribution in [2.75, 3.05) is 13.6 Å². The molecule has 3 unspecified atom stereocenters. The Bertz CT molecular complexity index is 449. The van der Waals surface area contributed by atoms with Crippen LogP contribution in [0.5, 0.6) is 0 Å². The van der Waals surface area contributed by atoms with E-state index in [-0.39, 0.29) is 5.82 Å². The molecule has 1 aliphatic heterocycles. The SMILES string of the molecule is CNC1CCN(Cc2cc(C)c(F)c(C)c2)C(C)C1C. The van der Waals surface area contributed by atoms with Gasteiger partial charge < -0.3 is 5.32 Å². The van der Waals surface area contributed by atoms with Gasteiger partial charge in [0, 0.05) is 25.2 Å². The van der Waals surface area contributed by atoms with E-state index < -0.39 is 0 Å². The zero-order chi connectivity index (χ0) is 14.9. The summed E-state index contributed by atoms with van der Waals surface area (Å²) in [6, 6.07) is 5.14. The summed E-state index contributed by atoms with van der Waals surface area (Å²) in [4.78, 5) is 2.52. The van der Waals surface area contributed by atoms with E-state index in [1.165, 1.54) is 12.0 Å². The van der Waals surface area contributed by atoms with Crippen LogP contribution >= 0.6 is 0 Å². The molecule has 0 aromatic heterocycles. The number of benzene rings is 1. The number of piperidine rings is 1. The maximum atomic E-state index is 13.7. The largest absolute Gasteiger partial charge is 0.317 e. The summed E-state index contributed by atoms with van der Waals surface area (Å²) in [6.07, 6.45) is 1.18. The van der Waals surface area contributed by atoms with Gasteiger partial charge in [-0.25, -0.2) is 4.39 Å². The van der Waals surface area contributed by atoms with E-state index in [0.717, 1.165) is 24.2 Å². The minimum Gasteiger partial charge on any atom is -0.317 e. The van der Waals surface area contributed by atoms with Crippen LogP contribution in [0.1, 0.15) is 37.0 Å². The van der Waals surface area contributed by atoms with Crippen molar-refractivity contribution in [2.45, 2.75) is 52.7 Å². The molecule has 1 aromatic rings. The van der Waals surface area contributed by atoms with Crippen LogP contribution in [0, 0.1) is 25.6 Å². The fourth-order valence-electron chi connectivity index (χ4n) is 3.43. The highest BCUT2D eigenvalue weighted by molar-refractivity contribution is 5.30. The van der Waals surface area contributed by atoms with Crippen molar-refractivity contribution in [3.63, 3.8) is 0 Å². The van der Waals surface area contributed by atoms with Gasteiger partial charge in [-0.05, 0) is 56.8 Å². The molecule has 1 fully saturated rings. The lowest BCUT2D eigenvalue weighted by Crippen LogP contribution is -2.52. The Morgan fingerprint density at radius 3 is 2.40 bits per heavy atom. The average Bonchev–Trinajstić information content (AvgIpc) is 2.41. The highest BCUT2D eigenvalue weighted by atomic mass is 19.1. The van der Waals surface area contributed by atoms with Gasteiger partial charge in [0.1, 0.15) is 5.82 Å². The zero-order valence-electron chi connectivity index (χ0n) is 13.3. The number of aryl methyl sites for hydroxylation is 2. The molecular formula is C17H27FN2. The van der Waals surface area contributed by atoms with Crippen LogP contribution in [0.2, 0.25) is 0 Å². The summed E-state index contributed by atoms with van der Waals surface area (Å²) >= 11 is 0. The second kappa shape index (κ2) is 6.23. The standard InChI is InChI=1S/C17H27FN2/c1-11-8-15(9-12(2)17(11)18)10-20-7-6-16(19-5)13(3)14(20)4/h8-9,13-14,16,19H,6-7,10H2,1-5H3. The van der Waals surface area contributed by atoms with Crippen LogP contribution in [0.4, 0.5) is 4.39 Å². The third-order valence-corrected chi connectivity index (χ3v) is 4.95. The van der Waals surface area contributed by atoms with Gasteiger partial charge >= 0.3 is 0 Å². The van der Waals surface area contributed by atoms with Crippen molar-refractivity contribution >= 4 is 0 Å². The molecule has 0 saturated carbocycles. The number of likely N-dealkylation sites (tertiary alicyclic amines) is 1. The van der Waals surface area contributed by atoms with Gasteiger partial charge in [-0.3, -0.25) is 4.90 Å². The first-order valence-corrected chi connectivity index (χ1v) is 7.61. The Morgan fingerprint density at radius 2 is 1.85 bits per heavy atom. The van der Waals surface area contributed by atoms with Crippen molar-refractivity contribution in [2.24, 2.45) is 5.92 Å². The Labute approximate surface area is 122 Å². The second-order valence-electron chi connectivity index (χ2n) is 6.30. The minimum absolute atomic E-state index is 0.0657. The van der Waals surface area contributed by atoms with E-state index in [9.17, 15) is 4.39 Å². The number of nitrogens with zero attached hydrogens (tertiary/aromatic N) is 1. The molecule has 1 aromatic carbocycles. The summed E-state index contributed by atoms with van der Waals surface area (Å²) in [5.74, 6) is 0.570. The van der Waals surface area contributed by atoms with Crippen LogP contribution in [0.3, 0.4) is 0 Å². The highest BCUT2D eigenvalue weighted by Gasteiger charge is 2.31. The summed E-state index contributed by atoms with van der Waals surface area (Å²) < 4.78 is 13.7. The molecule has 0 aliphatic carbocycles. The topological polar surface area (TPSA) is 15.3 Å². The quantitative estimate of drug-likeness (QED) is 0.913. The predicted molar refractivity (Wildman–Crippen MR) is 82.4 cm³/mol. The Kier molecular flexibility index (Phi) is 4.82. The molecule has 2 nitrogen and oxygen atoms in total. The smallest absolute Gasteiger partial charge is 0.129 e. The van der Waals surface area contributed by atoms with E-state index in [4.69, 9.17) is 0 Å². The number of hydrogen-bond acceptors (Lipinski definition) is 2. The fraction of sp³-hybridized carbons (Fsp3) is 0.647. The van der Waals surface area contributed by atoms with Crippen LogP contribution in [0.15, 0.2) is 12.1 Å². The molecule has 2 rings (SSSR count). The second-order valence-corrected chi connectivity index (χ2v) is 6.30. The zero-order valence-corrected chi connectivity index (χ0v) is 13.3. The summed E-state index contributed by atoms with van der Waals surface area (Å²) in [6.45, 7) is 10.4. The van der Waals surface area contributed by atoms with Gasteiger partial charge in [0.2, 0.25) is 0 Å². The van der Waals surface area contributed by atoms with Gasteiger partial charge in [0.25, 0.3) is 0 Å². The fourth-order valence-corrected chi connectivity index (χ4v) is 3.43. The molecule has 0 spiro atoms. The lowest BCUT2D eigenvalue weighted by molar-refractivity contribution is 0.0810. The van der Waals surface area contributed by atoms with Gasteiger partial charge in [0.15, 0.2) is 0 Å². The Morgan fingerprint density at radius 1 is 1.25 bits per heavy atom. The van der Waals surface area contributed by atoms with E-state index in [2.05, 4.69) is 31.1 Å². The summed E-state index contributed by atoms with van der Waals surface area (Å²) in [5.41, 5.74) is 2.74. The van der Waals surface area contributed by atoms with Crippen LogP contribution in [-0.4, -0.2) is 30.6 Å². The molecule has 20 heavy (non-hydrogen) atoms. The van der Waals surface area contributed by atoms with Crippen LogP contribution in [0.25, 0.3) is 0 Å². The molecule has 1 aliphatic rings. The van der Waals surface area contributed by atoms with E-state index in [0.29, 0.717) is 18.0 Å². The van der Waals surface area contributed by atoms with Gasteiger partial charge in [0.05, 0.1) is 0 Å². The first-order valence-electron chi connectivity index (χ1n) is 7.61. The minimum atomic E-state index is -0.0657. The van der Waals surface area contributed by atoms with E-state index in [1.54, 1.807) is 0 Å². The molecular weight excluding hydrogens is 251 g/mol. The molecule has 0 bridgehead atoms. The predicted octanol–water partition coefficient (Wildman–Crippen LogP) is 3.26.